The van der Waals surface area contributed by atoms with Crippen molar-refractivity contribution in [3.63, 3.8) is 0 Å². The van der Waals surface area contributed by atoms with Crippen LogP contribution in [0.15, 0.2) is 30.3 Å². The molecular formula is C20H32ClNO2. The molecule has 1 heterocycles. The quantitative estimate of drug-likeness (QED) is 0.796. The molecule has 0 spiro atoms. The lowest BCUT2D eigenvalue weighted by Gasteiger charge is -2.30. The third-order valence-corrected chi connectivity index (χ3v) is 5.29. The fraction of sp³-hybridized carbons (Fsp3) is 0.700. The Hall–Kier alpha value is -0.610. The first kappa shape index (κ1) is 19.7. The summed E-state index contributed by atoms with van der Waals surface area (Å²) in [5, 5.41) is 3.42. The molecule has 0 radical (unpaired) electrons. The van der Waals surface area contributed by atoms with Crippen LogP contribution in [-0.2, 0) is 16.1 Å². The number of piperidine rings is 1. The van der Waals surface area contributed by atoms with Crippen molar-refractivity contribution < 1.29 is 9.47 Å². The SMILES string of the molecule is Cl.c1ccc(COCC2CCC(OCC3CCNCC3)CC2)cc1. The summed E-state index contributed by atoms with van der Waals surface area (Å²) >= 11 is 0. The molecule has 0 atom stereocenters. The van der Waals surface area contributed by atoms with Gasteiger partial charge in [0.05, 0.1) is 12.7 Å². The number of hydrogen-bond donors (Lipinski definition) is 1. The summed E-state index contributed by atoms with van der Waals surface area (Å²) in [6.07, 6.45) is 7.99. The molecule has 0 aromatic heterocycles. The molecule has 2 aliphatic rings. The Kier molecular flexibility index (Phi) is 9.11. The van der Waals surface area contributed by atoms with E-state index in [1.807, 2.05) is 0 Å². The van der Waals surface area contributed by atoms with Crippen molar-refractivity contribution in [2.24, 2.45) is 11.8 Å². The first-order valence-corrected chi connectivity index (χ1v) is 9.34. The first-order valence-electron chi connectivity index (χ1n) is 9.34. The highest BCUT2D eigenvalue weighted by molar-refractivity contribution is 5.85. The Morgan fingerprint density at radius 2 is 1.50 bits per heavy atom. The number of halogens is 1. The molecule has 0 amide bonds. The Morgan fingerprint density at radius 3 is 2.21 bits per heavy atom. The van der Waals surface area contributed by atoms with Gasteiger partial charge in [-0.3, -0.25) is 0 Å². The van der Waals surface area contributed by atoms with Crippen molar-refractivity contribution in [2.75, 3.05) is 26.3 Å². The summed E-state index contributed by atoms with van der Waals surface area (Å²) in [7, 11) is 0. The number of ether oxygens (including phenoxy) is 2. The van der Waals surface area contributed by atoms with Crippen molar-refractivity contribution in [2.45, 2.75) is 51.2 Å². The average molecular weight is 354 g/mol. The van der Waals surface area contributed by atoms with Gasteiger partial charge >= 0.3 is 0 Å². The molecular weight excluding hydrogens is 322 g/mol. The van der Waals surface area contributed by atoms with E-state index in [1.165, 1.54) is 57.2 Å². The molecule has 1 aliphatic heterocycles. The van der Waals surface area contributed by atoms with Gasteiger partial charge in [-0.2, -0.15) is 0 Å². The van der Waals surface area contributed by atoms with Crippen LogP contribution in [0.5, 0.6) is 0 Å². The van der Waals surface area contributed by atoms with Gasteiger partial charge in [0.15, 0.2) is 0 Å². The van der Waals surface area contributed by atoms with Crippen LogP contribution in [0, 0.1) is 11.8 Å². The Morgan fingerprint density at radius 1 is 0.833 bits per heavy atom. The van der Waals surface area contributed by atoms with Crippen LogP contribution in [-0.4, -0.2) is 32.4 Å². The topological polar surface area (TPSA) is 30.5 Å². The predicted octanol–water partition coefficient (Wildman–Crippen LogP) is 4.20. The summed E-state index contributed by atoms with van der Waals surface area (Å²) < 4.78 is 12.1. The van der Waals surface area contributed by atoms with Gasteiger partial charge in [0.1, 0.15) is 0 Å². The van der Waals surface area contributed by atoms with E-state index in [0.717, 1.165) is 31.7 Å². The zero-order valence-electron chi connectivity index (χ0n) is 14.6. The predicted molar refractivity (Wildman–Crippen MR) is 101 cm³/mol. The highest BCUT2D eigenvalue weighted by Crippen LogP contribution is 2.27. The highest BCUT2D eigenvalue weighted by atomic mass is 35.5. The highest BCUT2D eigenvalue weighted by Gasteiger charge is 2.23. The van der Waals surface area contributed by atoms with E-state index < -0.39 is 0 Å². The van der Waals surface area contributed by atoms with Gasteiger partial charge < -0.3 is 14.8 Å². The molecule has 1 aromatic rings. The summed E-state index contributed by atoms with van der Waals surface area (Å²) in [4.78, 5) is 0. The molecule has 136 valence electrons. The summed E-state index contributed by atoms with van der Waals surface area (Å²) in [5.41, 5.74) is 1.27. The van der Waals surface area contributed by atoms with Crippen LogP contribution in [0.2, 0.25) is 0 Å². The third-order valence-electron chi connectivity index (χ3n) is 5.29. The standard InChI is InChI=1S/C20H31NO2.ClH/c1-2-4-17(5-3-1)14-22-15-18-6-8-20(9-7-18)23-16-19-10-12-21-13-11-19;/h1-5,18-21H,6-16H2;1H. The maximum Gasteiger partial charge on any atom is 0.0717 e. The molecule has 0 bridgehead atoms. The summed E-state index contributed by atoms with van der Waals surface area (Å²) in [6, 6.07) is 10.5. The number of hydrogen-bond acceptors (Lipinski definition) is 3. The lowest BCUT2D eigenvalue weighted by Crippen LogP contribution is -2.32. The summed E-state index contributed by atoms with van der Waals surface area (Å²) in [6.45, 7) is 4.95. The minimum Gasteiger partial charge on any atom is -0.378 e. The van der Waals surface area contributed by atoms with Crippen LogP contribution >= 0.6 is 12.4 Å². The molecule has 4 heteroatoms. The van der Waals surface area contributed by atoms with E-state index >= 15 is 0 Å². The average Bonchev–Trinajstić information content (AvgIpc) is 2.63. The Balaban J connectivity index is 0.00000208. The molecule has 1 saturated heterocycles. The smallest absolute Gasteiger partial charge is 0.0717 e. The van der Waals surface area contributed by atoms with Crippen LogP contribution in [0.3, 0.4) is 0 Å². The first-order chi connectivity index (χ1) is 11.4. The zero-order valence-corrected chi connectivity index (χ0v) is 15.4. The number of benzene rings is 1. The largest absolute Gasteiger partial charge is 0.378 e. The number of rotatable bonds is 7. The van der Waals surface area contributed by atoms with E-state index in [1.54, 1.807) is 0 Å². The van der Waals surface area contributed by atoms with Crippen molar-refractivity contribution in [1.82, 2.24) is 5.32 Å². The fourth-order valence-electron chi connectivity index (χ4n) is 3.70. The van der Waals surface area contributed by atoms with Crippen molar-refractivity contribution in [3.05, 3.63) is 35.9 Å². The van der Waals surface area contributed by atoms with Gasteiger partial charge in [-0.05, 0) is 69.0 Å². The van der Waals surface area contributed by atoms with Gasteiger partial charge in [-0.1, -0.05) is 30.3 Å². The zero-order chi connectivity index (χ0) is 15.7. The fourth-order valence-corrected chi connectivity index (χ4v) is 3.70. The van der Waals surface area contributed by atoms with Gasteiger partial charge in [0, 0.05) is 13.2 Å². The Bertz CT molecular complexity index is 429. The molecule has 1 aliphatic carbocycles. The third kappa shape index (κ3) is 6.72. The molecule has 0 unspecified atom stereocenters. The number of nitrogens with one attached hydrogen (secondary N) is 1. The van der Waals surface area contributed by atoms with E-state index in [2.05, 4.69) is 35.6 Å². The second kappa shape index (κ2) is 11.1. The normalized spacial score (nSPS) is 25.2. The van der Waals surface area contributed by atoms with E-state index in [-0.39, 0.29) is 12.4 Å². The minimum atomic E-state index is 0. The second-order valence-corrected chi connectivity index (χ2v) is 7.17. The molecule has 1 aromatic carbocycles. The maximum absolute atomic E-state index is 6.18. The van der Waals surface area contributed by atoms with Gasteiger partial charge in [-0.15, -0.1) is 12.4 Å². The van der Waals surface area contributed by atoms with Crippen molar-refractivity contribution >= 4 is 12.4 Å². The monoisotopic (exact) mass is 353 g/mol. The molecule has 1 saturated carbocycles. The van der Waals surface area contributed by atoms with Crippen molar-refractivity contribution in [1.29, 1.82) is 0 Å². The minimum absolute atomic E-state index is 0. The molecule has 3 rings (SSSR count). The molecule has 24 heavy (non-hydrogen) atoms. The van der Waals surface area contributed by atoms with Crippen LogP contribution in [0.4, 0.5) is 0 Å². The molecule has 2 fully saturated rings. The van der Waals surface area contributed by atoms with Gasteiger partial charge in [0.25, 0.3) is 0 Å². The molecule has 1 N–H and O–H groups in total. The van der Waals surface area contributed by atoms with E-state index in [9.17, 15) is 0 Å². The van der Waals surface area contributed by atoms with Gasteiger partial charge in [0.2, 0.25) is 0 Å². The Labute approximate surface area is 152 Å². The lowest BCUT2D eigenvalue weighted by atomic mass is 9.88. The van der Waals surface area contributed by atoms with E-state index in [0.29, 0.717) is 6.10 Å². The van der Waals surface area contributed by atoms with Crippen molar-refractivity contribution in [3.8, 4) is 0 Å². The lowest BCUT2D eigenvalue weighted by molar-refractivity contribution is -0.0174. The maximum atomic E-state index is 6.18. The van der Waals surface area contributed by atoms with Gasteiger partial charge in [-0.25, -0.2) is 0 Å². The summed E-state index contributed by atoms with van der Waals surface area (Å²) in [5.74, 6) is 1.50. The van der Waals surface area contributed by atoms with E-state index in [4.69, 9.17) is 9.47 Å². The molecule has 3 nitrogen and oxygen atoms in total. The van der Waals surface area contributed by atoms with Crippen LogP contribution in [0.25, 0.3) is 0 Å². The van der Waals surface area contributed by atoms with Crippen LogP contribution in [0.1, 0.15) is 44.1 Å². The second-order valence-electron chi connectivity index (χ2n) is 7.17. The van der Waals surface area contributed by atoms with Crippen LogP contribution < -0.4 is 5.32 Å².